The van der Waals surface area contributed by atoms with Crippen LogP contribution in [0.4, 0.5) is 0 Å². The Morgan fingerprint density at radius 1 is 1.05 bits per heavy atom. The van der Waals surface area contributed by atoms with E-state index < -0.39 is 11.4 Å². The highest BCUT2D eigenvalue weighted by molar-refractivity contribution is 7.90. The lowest BCUT2D eigenvalue weighted by Crippen LogP contribution is -2.42. The van der Waals surface area contributed by atoms with Gasteiger partial charge in [0, 0.05) is 17.9 Å². The van der Waals surface area contributed by atoms with Gasteiger partial charge in [0.1, 0.15) is 4.75 Å². The van der Waals surface area contributed by atoms with E-state index in [9.17, 15) is 4.55 Å². The molecule has 0 N–H and O–H groups in total. The molecule has 1 aliphatic heterocycles. The maximum Gasteiger partial charge on any atom is 0.137 e. The molecule has 2 nitrogen and oxygen atoms in total. The second-order valence-corrected chi connectivity index (χ2v) is 10.2. The van der Waals surface area contributed by atoms with Crippen LogP contribution in [0.2, 0.25) is 0 Å². The predicted molar refractivity (Wildman–Crippen MR) is 91.7 cm³/mol. The zero-order valence-corrected chi connectivity index (χ0v) is 15.1. The number of hydrogen-bond donors (Lipinski definition) is 0. The molecular weight excluding hydrogens is 278 g/mol. The van der Waals surface area contributed by atoms with Crippen LogP contribution in [0, 0.1) is 0 Å². The molecule has 1 fully saturated rings. The normalized spacial score (nSPS) is 22.5. The average Bonchev–Trinajstić information content (AvgIpc) is 2.84. The summed E-state index contributed by atoms with van der Waals surface area (Å²) in [7, 11) is 0. The summed E-state index contributed by atoms with van der Waals surface area (Å²) >= 11 is -0.932. The van der Waals surface area contributed by atoms with Gasteiger partial charge >= 0.3 is 0 Å². The Bertz CT molecular complexity index is 469. The highest BCUT2D eigenvalue weighted by Crippen LogP contribution is 2.38. The molecule has 2 rings (SSSR count). The third kappa shape index (κ3) is 3.82. The van der Waals surface area contributed by atoms with Crippen molar-refractivity contribution in [3.05, 3.63) is 35.4 Å². The third-order valence-corrected chi connectivity index (χ3v) is 6.01. The van der Waals surface area contributed by atoms with E-state index in [1.807, 2.05) is 0 Å². The number of nitrogens with zero attached hydrogens (tertiary/aromatic N) is 1. The van der Waals surface area contributed by atoms with E-state index in [1.54, 1.807) is 0 Å². The van der Waals surface area contributed by atoms with Crippen molar-refractivity contribution in [2.24, 2.45) is 0 Å². The molecule has 1 aromatic carbocycles. The Balaban J connectivity index is 2.21. The summed E-state index contributed by atoms with van der Waals surface area (Å²) in [5.41, 5.74) is 2.84. The molecule has 0 spiro atoms. The first-order valence-corrected chi connectivity index (χ1v) is 9.00. The summed E-state index contributed by atoms with van der Waals surface area (Å²) in [6, 6.07) is 9.21. The monoisotopic (exact) mass is 307 g/mol. The lowest BCUT2D eigenvalue weighted by Gasteiger charge is -2.33. The first kappa shape index (κ1) is 16.9. The second-order valence-electron chi connectivity index (χ2n) is 8.03. The fraction of sp³-hybridized carbons (Fsp3) is 0.667. The fourth-order valence-corrected chi connectivity index (χ4v) is 4.29. The van der Waals surface area contributed by atoms with Crippen LogP contribution in [0.1, 0.15) is 71.6 Å². The Kier molecular flexibility index (Phi) is 4.77. The van der Waals surface area contributed by atoms with Crippen LogP contribution >= 0.6 is 0 Å². The van der Waals surface area contributed by atoms with Crippen LogP contribution in [-0.2, 0) is 16.8 Å². The molecule has 1 unspecified atom stereocenters. The predicted octanol–water partition coefficient (Wildman–Crippen LogP) is 4.58. The van der Waals surface area contributed by atoms with Crippen LogP contribution in [0.5, 0.6) is 0 Å². The van der Waals surface area contributed by atoms with Crippen LogP contribution in [-0.4, -0.2) is 20.1 Å². The Labute approximate surface area is 133 Å². The molecule has 0 bridgehead atoms. The molecule has 118 valence electrons. The van der Waals surface area contributed by atoms with Crippen molar-refractivity contribution in [2.45, 2.75) is 70.6 Å². The maximum atomic E-state index is 12.7. The van der Waals surface area contributed by atoms with Crippen molar-refractivity contribution >= 4 is 11.4 Å². The lowest BCUT2D eigenvalue weighted by atomic mass is 9.86. The van der Waals surface area contributed by atoms with Crippen molar-refractivity contribution in [3.63, 3.8) is 0 Å². The van der Waals surface area contributed by atoms with Crippen molar-refractivity contribution < 1.29 is 4.55 Å². The molecule has 1 aliphatic rings. The highest BCUT2D eigenvalue weighted by Gasteiger charge is 2.41. The molecule has 0 radical (unpaired) electrons. The van der Waals surface area contributed by atoms with Gasteiger partial charge in [-0.15, -0.1) is 4.31 Å². The Morgan fingerprint density at radius 2 is 1.62 bits per heavy atom. The number of hydrogen-bond acceptors (Lipinski definition) is 2. The summed E-state index contributed by atoms with van der Waals surface area (Å²) < 4.78 is 14.7. The van der Waals surface area contributed by atoms with Crippen LogP contribution < -0.4 is 0 Å². The second kappa shape index (κ2) is 5.94. The van der Waals surface area contributed by atoms with Crippen molar-refractivity contribution in [3.8, 4) is 0 Å². The minimum atomic E-state index is -0.932. The zero-order chi connectivity index (χ0) is 15.8. The fourth-order valence-electron chi connectivity index (χ4n) is 2.83. The molecule has 1 aromatic rings. The zero-order valence-electron chi connectivity index (χ0n) is 14.3. The molecule has 0 aliphatic carbocycles. The van der Waals surface area contributed by atoms with Crippen LogP contribution in [0.3, 0.4) is 0 Å². The standard InChI is InChI=1S/C18H29NOS/c1-17(2,3)15-11-9-14(10-12-15)16-8-7-13-19(16)21(20)18(4,5)6/h9-12,16H,7-8,13H2,1-6H3/t16?,21-/m0/s1. The number of benzene rings is 1. The summed E-state index contributed by atoms with van der Waals surface area (Å²) in [6.45, 7) is 13.8. The summed E-state index contributed by atoms with van der Waals surface area (Å²) in [5, 5.41) is 0. The minimum absolute atomic E-state index is 0.183. The van der Waals surface area contributed by atoms with Crippen molar-refractivity contribution in [2.75, 3.05) is 6.54 Å². The Hall–Kier alpha value is -0.510. The molecule has 3 heteroatoms. The van der Waals surface area contributed by atoms with E-state index in [4.69, 9.17) is 0 Å². The van der Waals surface area contributed by atoms with Crippen molar-refractivity contribution in [1.29, 1.82) is 0 Å². The van der Waals surface area contributed by atoms with E-state index >= 15 is 0 Å². The quantitative estimate of drug-likeness (QED) is 0.747. The lowest BCUT2D eigenvalue weighted by molar-refractivity contribution is 0.380. The van der Waals surface area contributed by atoms with Gasteiger partial charge in [-0.1, -0.05) is 45.0 Å². The van der Waals surface area contributed by atoms with Crippen LogP contribution in [0.25, 0.3) is 0 Å². The van der Waals surface area contributed by atoms with E-state index in [0.717, 1.165) is 19.4 Å². The first-order chi connectivity index (χ1) is 9.60. The largest absolute Gasteiger partial charge is 0.597 e. The third-order valence-electron chi connectivity index (χ3n) is 4.10. The Morgan fingerprint density at radius 3 is 2.10 bits per heavy atom. The van der Waals surface area contributed by atoms with Gasteiger partial charge in [0.2, 0.25) is 0 Å². The van der Waals surface area contributed by atoms with Gasteiger partial charge in [0.15, 0.2) is 0 Å². The van der Waals surface area contributed by atoms with E-state index in [0.29, 0.717) is 6.04 Å². The summed E-state index contributed by atoms with van der Waals surface area (Å²) in [4.78, 5) is 0. The molecule has 2 atom stereocenters. The van der Waals surface area contributed by atoms with Gasteiger partial charge in [0.05, 0.1) is 6.04 Å². The topological polar surface area (TPSA) is 26.3 Å². The van der Waals surface area contributed by atoms with Gasteiger partial charge in [-0.2, -0.15) is 0 Å². The van der Waals surface area contributed by atoms with Crippen LogP contribution in [0.15, 0.2) is 24.3 Å². The van der Waals surface area contributed by atoms with Gasteiger partial charge in [-0.25, -0.2) is 0 Å². The van der Waals surface area contributed by atoms with Crippen molar-refractivity contribution in [1.82, 2.24) is 4.31 Å². The first-order valence-electron chi connectivity index (χ1n) is 7.90. The van der Waals surface area contributed by atoms with E-state index in [-0.39, 0.29) is 10.2 Å². The molecule has 1 heterocycles. The van der Waals surface area contributed by atoms with E-state index in [2.05, 4.69) is 70.1 Å². The molecule has 0 amide bonds. The highest BCUT2D eigenvalue weighted by atomic mass is 32.2. The van der Waals surface area contributed by atoms with Gasteiger partial charge in [0.25, 0.3) is 0 Å². The van der Waals surface area contributed by atoms with Gasteiger partial charge < -0.3 is 4.55 Å². The molecule has 1 saturated heterocycles. The summed E-state index contributed by atoms with van der Waals surface area (Å²) in [5.74, 6) is 0. The van der Waals surface area contributed by atoms with E-state index in [1.165, 1.54) is 11.1 Å². The number of rotatable bonds is 2. The van der Waals surface area contributed by atoms with Gasteiger partial charge in [-0.3, -0.25) is 0 Å². The average molecular weight is 308 g/mol. The summed E-state index contributed by atoms with van der Waals surface area (Å²) in [6.07, 6.45) is 2.24. The maximum absolute atomic E-state index is 12.7. The van der Waals surface area contributed by atoms with Gasteiger partial charge in [-0.05, 0) is 50.2 Å². The SMILES string of the molecule is CC(C)(C)c1ccc(C2CCCN2[S@@+]([O-])C(C)(C)C)cc1. The molecule has 0 aromatic heterocycles. The molecule has 21 heavy (non-hydrogen) atoms. The smallest absolute Gasteiger partial charge is 0.137 e. The molecule has 0 saturated carbocycles. The molecular formula is C18H29NOS. The minimum Gasteiger partial charge on any atom is -0.597 e.